The highest BCUT2D eigenvalue weighted by atomic mass is 35.5. The number of carbonyl (C=O) groups excluding carboxylic acids is 1. The lowest BCUT2D eigenvalue weighted by Crippen LogP contribution is -2.26. The lowest BCUT2D eigenvalue weighted by molar-refractivity contribution is -0.141. The second-order valence-electron chi connectivity index (χ2n) is 6.32. The van der Waals surface area contributed by atoms with Gasteiger partial charge in [0.25, 0.3) is 0 Å². The van der Waals surface area contributed by atoms with E-state index in [-0.39, 0.29) is 18.9 Å². The van der Waals surface area contributed by atoms with Crippen molar-refractivity contribution in [1.29, 1.82) is 0 Å². The Balaban J connectivity index is 1.76. The van der Waals surface area contributed by atoms with Crippen LogP contribution in [0.3, 0.4) is 0 Å². The predicted octanol–water partition coefficient (Wildman–Crippen LogP) is 3.89. The van der Waals surface area contributed by atoms with Gasteiger partial charge < -0.3 is 14.4 Å². The second-order valence-corrected chi connectivity index (χ2v) is 6.76. The van der Waals surface area contributed by atoms with E-state index in [4.69, 9.17) is 16.0 Å². The van der Waals surface area contributed by atoms with Crippen molar-refractivity contribution in [3.8, 4) is 11.5 Å². The monoisotopic (exact) mass is 370 g/mol. The highest BCUT2D eigenvalue weighted by Crippen LogP contribution is 2.35. The number of nitrogens with zero attached hydrogens (tertiary/aromatic N) is 2. The normalized spacial score (nSPS) is 17.2. The lowest BCUT2D eigenvalue weighted by Gasteiger charge is -2.19. The fourth-order valence-electron chi connectivity index (χ4n) is 3.27. The molecule has 0 saturated carbocycles. The Kier molecular flexibility index (Phi) is 3.92. The first-order chi connectivity index (χ1) is 12.4. The van der Waals surface area contributed by atoms with E-state index in [1.165, 1.54) is 4.90 Å². The largest absolute Gasteiger partial charge is 0.481 e. The topological polar surface area (TPSA) is 83.6 Å². The third-order valence-electron chi connectivity index (χ3n) is 4.65. The summed E-state index contributed by atoms with van der Waals surface area (Å²) in [6, 6.07) is 10.7. The second kappa shape index (κ2) is 6.14. The van der Waals surface area contributed by atoms with Gasteiger partial charge in [-0.1, -0.05) is 17.7 Å². The van der Waals surface area contributed by atoms with Crippen LogP contribution in [0.1, 0.15) is 12.0 Å². The number of aromatic nitrogens is 1. The van der Waals surface area contributed by atoms with E-state index in [1.807, 2.05) is 13.0 Å². The molecule has 1 aliphatic heterocycles. The smallest absolute Gasteiger partial charge is 0.308 e. The molecular weight excluding hydrogens is 356 g/mol. The van der Waals surface area contributed by atoms with Crippen molar-refractivity contribution in [1.82, 2.24) is 4.98 Å². The molecule has 0 radical (unpaired) electrons. The van der Waals surface area contributed by atoms with Crippen molar-refractivity contribution in [2.45, 2.75) is 13.3 Å². The van der Waals surface area contributed by atoms with Gasteiger partial charge in [-0.05, 0) is 42.8 Å². The van der Waals surface area contributed by atoms with E-state index in [1.54, 1.807) is 30.3 Å². The van der Waals surface area contributed by atoms with Crippen LogP contribution in [0.2, 0.25) is 5.02 Å². The fourth-order valence-corrected chi connectivity index (χ4v) is 3.44. The number of benzene rings is 2. The summed E-state index contributed by atoms with van der Waals surface area (Å²) in [4.78, 5) is 29.5. The van der Waals surface area contributed by atoms with E-state index in [2.05, 4.69) is 4.98 Å². The van der Waals surface area contributed by atoms with Crippen LogP contribution in [0, 0.1) is 12.8 Å². The summed E-state index contributed by atoms with van der Waals surface area (Å²) < 4.78 is 5.83. The molecule has 0 spiro atoms. The fraction of sp³-hybridized carbons (Fsp3) is 0.211. The number of oxazole rings is 1. The molecule has 1 aliphatic rings. The van der Waals surface area contributed by atoms with Crippen LogP contribution in [0.25, 0.3) is 22.6 Å². The van der Waals surface area contributed by atoms with E-state index in [0.717, 1.165) is 11.1 Å². The maximum Gasteiger partial charge on any atom is 0.308 e. The van der Waals surface area contributed by atoms with Crippen LogP contribution in [-0.2, 0) is 9.59 Å². The van der Waals surface area contributed by atoms with Gasteiger partial charge in [-0.25, -0.2) is 4.98 Å². The van der Waals surface area contributed by atoms with Gasteiger partial charge in [0.1, 0.15) is 5.52 Å². The number of halogens is 1. The van der Waals surface area contributed by atoms with E-state index in [0.29, 0.717) is 27.7 Å². The average molecular weight is 371 g/mol. The van der Waals surface area contributed by atoms with Crippen molar-refractivity contribution in [3.05, 3.63) is 47.0 Å². The summed E-state index contributed by atoms with van der Waals surface area (Å²) in [7, 11) is 0. The molecule has 6 nitrogen and oxygen atoms in total. The minimum Gasteiger partial charge on any atom is -0.481 e. The van der Waals surface area contributed by atoms with Crippen molar-refractivity contribution in [2.75, 3.05) is 11.4 Å². The number of rotatable bonds is 3. The Hall–Kier alpha value is -2.86. The number of anilines is 1. The Morgan fingerprint density at radius 1 is 1.35 bits per heavy atom. The summed E-state index contributed by atoms with van der Waals surface area (Å²) in [5.41, 5.74) is 3.51. The molecule has 1 fully saturated rings. The quantitative estimate of drug-likeness (QED) is 0.756. The third kappa shape index (κ3) is 2.72. The van der Waals surface area contributed by atoms with Crippen molar-refractivity contribution < 1.29 is 19.1 Å². The summed E-state index contributed by atoms with van der Waals surface area (Å²) in [5, 5.41) is 9.76. The van der Waals surface area contributed by atoms with Crippen LogP contribution in [0.5, 0.6) is 0 Å². The van der Waals surface area contributed by atoms with Crippen molar-refractivity contribution in [3.63, 3.8) is 0 Å². The molecule has 1 N–H and O–H groups in total. The van der Waals surface area contributed by atoms with E-state index in [9.17, 15) is 14.7 Å². The minimum atomic E-state index is -0.953. The van der Waals surface area contributed by atoms with Gasteiger partial charge in [0, 0.05) is 29.2 Å². The van der Waals surface area contributed by atoms with Gasteiger partial charge in [0.15, 0.2) is 5.58 Å². The molecule has 1 aromatic heterocycles. The predicted molar refractivity (Wildman–Crippen MR) is 97.3 cm³/mol. The highest BCUT2D eigenvalue weighted by molar-refractivity contribution is 6.31. The van der Waals surface area contributed by atoms with Crippen molar-refractivity contribution in [2.24, 2.45) is 5.92 Å². The number of carboxylic acid groups (broad SMARTS) is 1. The molecule has 2 heterocycles. The number of aliphatic carboxylic acids is 1. The Labute approximate surface area is 154 Å². The SMILES string of the molecule is Cc1c(-c2nc3cc(Cl)ccc3o2)cccc1N1C[C@@H](C(=O)O)CC1=O. The molecule has 26 heavy (non-hydrogen) atoms. The summed E-state index contributed by atoms with van der Waals surface area (Å²) in [6.45, 7) is 2.04. The molecular formula is C19H15ClN2O4. The Morgan fingerprint density at radius 2 is 2.15 bits per heavy atom. The molecule has 2 aromatic carbocycles. The van der Waals surface area contributed by atoms with Gasteiger partial charge in [-0.15, -0.1) is 0 Å². The Bertz CT molecular complexity index is 1040. The summed E-state index contributed by atoms with van der Waals surface area (Å²) >= 11 is 6.00. The number of fused-ring (bicyclic) bond motifs is 1. The van der Waals surface area contributed by atoms with Crippen molar-refractivity contribution >= 4 is 40.3 Å². The highest BCUT2D eigenvalue weighted by Gasteiger charge is 2.36. The minimum absolute atomic E-state index is 0.0143. The number of hydrogen-bond acceptors (Lipinski definition) is 4. The zero-order valence-electron chi connectivity index (χ0n) is 13.9. The molecule has 4 rings (SSSR count). The number of carbonyl (C=O) groups is 2. The number of carboxylic acids is 1. The lowest BCUT2D eigenvalue weighted by atomic mass is 10.1. The third-order valence-corrected chi connectivity index (χ3v) is 4.89. The van der Waals surface area contributed by atoms with Gasteiger partial charge in [-0.3, -0.25) is 9.59 Å². The standard InChI is InChI=1S/C19H15ClN2O4/c1-10-13(18-21-14-8-12(20)5-6-16(14)26-18)3-2-4-15(10)22-9-11(19(24)25)7-17(22)23/h2-6,8,11H,7,9H2,1H3,(H,24,25)/t11-/m0/s1. The first-order valence-corrected chi connectivity index (χ1v) is 8.51. The first-order valence-electron chi connectivity index (χ1n) is 8.13. The van der Waals surface area contributed by atoms with Gasteiger partial charge in [0.2, 0.25) is 11.8 Å². The molecule has 0 aliphatic carbocycles. The average Bonchev–Trinajstić information content (AvgIpc) is 3.18. The molecule has 1 saturated heterocycles. The number of hydrogen-bond donors (Lipinski definition) is 1. The van der Waals surface area contributed by atoms with Crippen LogP contribution in [0.4, 0.5) is 5.69 Å². The van der Waals surface area contributed by atoms with Gasteiger partial charge in [0.05, 0.1) is 5.92 Å². The molecule has 0 bridgehead atoms. The van der Waals surface area contributed by atoms with Crippen LogP contribution in [-0.4, -0.2) is 28.5 Å². The zero-order valence-corrected chi connectivity index (χ0v) is 14.7. The maximum absolute atomic E-state index is 12.3. The van der Waals surface area contributed by atoms with E-state index < -0.39 is 11.9 Å². The molecule has 3 aromatic rings. The van der Waals surface area contributed by atoms with Crippen LogP contribution < -0.4 is 4.90 Å². The van der Waals surface area contributed by atoms with Crippen LogP contribution in [0.15, 0.2) is 40.8 Å². The zero-order chi connectivity index (χ0) is 18.4. The molecule has 1 atom stereocenters. The molecule has 0 unspecified atom stereocenters. The first kappa shape index (κ1) is 16.6. The van der Waals surface area contributed by atoms with Gasteiger partial charge in [-0.2, -0.15) is 0 Å². The summed E-state index contributed by atoms with van der Waals surface area (Å²) in [6.07, 6.45) is 0.0143. The molecule has 1 amide bonds. The maximum atomic E-state index is 12.3. The Morgan fingerprint density at radius 3 is 2.88 bits per heavy atom. The van der Waals surface area contributed by atoms with Gasteiger partial charge >= 0.3 is 5.97 Å². The number of amides is 1. The summed E-state index contributed by atoms with van der Waals surface area (Å²) in [5.74, 6) is -1.40. The van der Waals surface area contributed by atoms with Crippen LogP contribution >= 0.6 is 11.6 Å². The molecule has 132 valence electrons. The van der Waals surface area contributed by atoms with E-state index >= 15 is 0 Å². The molecule has 7 heteroatoms.